The average Bonchev–Trinajstić information content (AvgIpc) is 2.56. The normalized spacial score (nSPS) is 12.0. The Labute approximate surface area is 154 Å². The van der Waals surface area contributed by atoms with Crippen LogP contribution in [0.3, 0.4) is 0 Å². The molecule has 1 unspecified atom stereocenters. The maximum atomic E-state index is 10.1. The van der Waals surface area contributed by atoms with Gasteiger partial charge in [-0.3, -0.25) is 0 Å². The number of aliphatic hydroxyl groups is 1. The molecule has 2 aromatic rings. The van der Waals surface area contributed by atoms with E-state index in [0.717, 1.165) is 27.2 Å². The van der Waals surface area contributed by atoms with Gasteiger partial charge in [0.15, 0.2) is 0 Å². The fourth-order valence-electron chi connectivity index (χ4n) is 2.24. The molecular formula is C19H26ClNO2S. The first-order valence-electron chi connectivity index (χ1n) is 7.91. The van der Waals surface area contributed by atoms with Gasteiger partial charge in [0.1, 0.15) is 18.5 Å². The van der Waals surface area contributed by atoms with E-state index in [9.17, 15) is 5.11 Å². The summed E-state index contributed by atoms with van der Waals surface area (Å²) in [7, 11) is 0. The van der Waals surface area contributed by atoms with Crippen molar-refractivity contribution in [2.45, 2.75) is 30.9 Å². The third-order valence-corrected chi connectivity index (χ3v) is 4.42. The molecule has 1 atom stereocenters. The van der Waals surface area contributed by atoms with Crippen LogP contribution in [0, 0.1) is 0 Å². The van der Waals surface area contributed by atoms with Gasteiger partial charge in [-0.05, 0) is 11.5 Å². The van der Waals surface area contributed by atoms with Crippen molar-refractivity contribution >= 4 is 34.9 Å². The number of rotatable bonds is 9. The fraction of sp³-hybridized carbons (Fsp3) is 0.368. The lowest BCUT2D eigenvalue weighted by Crippen LogP contribution is -2.35. The van der Waals surface area contributed by atoms with E-state index in [0.29, 0.717) is 12.6 Å². The molecule has 0 fully saturated rings. The van der Waals surface area contributed by atoms with Crippen LogP contribution < -0.4 is 10.1 Å². The lowest BCUT2D eigenvalue weighted by atomic mass is 10.1. The van der Waals surface area contributed by atoms with Crippen molar-refractivity contribution in [1.29, 1.82) is 0 Å². The maximum Gasteiger partial charge on any atom is 0.140 e. The van der Waals surface area contributed by atoms with Crippen molar-refractivity contribution in [2.24, 2.45) is 0 Å². The molecule has 0 saturated carbocycles. The highest BCUT2D eigenvalue weighted by Crippen LogP contribution is 2.36. The smallest absolute Gasteiger partial charge is 0.140 e. The van der Waals surface area contributed by atoms with E-state index in [1.165, 1.54) is 0 Å². The van der Waals surface area contributed by atoms with Crippen molar-refractivity contribution in [1.82, 2.24) is 5.32 Å². The van der Waals surface area contributed by atoms with Crippen molar-refractivity contribution < 1.29 is 9.84 Å². The fourth-order valence-corrected chi connectivity index (χ4v) is 3.01. The minimum absolute atomic E-state index is 0. The summed E-state index contributed by atoms with van der Waals surface area (Å²) in [4.78, 5) is 1.08. The van der Waals surface area contributed by atoms with E-state index >= 15 is 0 Å². The highest BCUT2D eigenvalue weighted by molar-refractivity contribution is 7.99. The number of hydrogen-bond donors (Lipinski definition) is 2. The first-order chi connectivity index (χ1) is 11.1. The molecule has 0 aromatic heterocycles. The zero-order valence-corrected chi connectivity index (χ0v) is 15.8. The Bertz CT molecular complexity index is 648. The number of thioether (sulfide) groups is 1. The number of benzene rings is 2. The summed E-state index contributed by atoms with van der Waals surface area (Å²) in [6, 6.07) is 12.7. The molecular weight excluding hydrogens is 342 g/mol. The Balaban J connectivity index is 0.00000288. The second-order valence-corrected chi connectivity index (χ2v) is 6.80. The van der Waals surface area contributed by atoms with Crippen molar-refractivity contribution in [3.05, 3.63) is 49.1 Å². The lowest BCUT2D eigenvalue weighted by Gasteiger charge is -2.18. The first-order valence-corrected chi connectivity index (χ1v) is 8.90. The van der Waals surface area contributed by atoms with Gasteiger partial charge in [0, 0.05) is 23.7 Å². The lowest BCUT2D eigenvalue weighted by molar-refractivity contribution is 0.104. The summed E-state index contributed by atoms with van der Waals surface area (Å²) < 4.78 is 6.00. The second kappa shape index (κ2) is 10.6. The topological polar surface area (TPSA) is 41.5 Å². The molecule has 0 aliphatic carbocycles. The zero-order chi connectivity index (χ0) is 16.7. The summed E-state index contributed by atoms with van der Waals surface area (Å²) in [5.41, 5.74) is 0. The van der Waals surface area contributed by atoms with Crippen LogP contribution in [-0.4, -0.2) is 36.2 Å². The molecule has 2 rings (SSSR count). The standard InChI is InChI=1S/C19H25NO2S.ClH/c1-4-11-23-18-10-9-15-7-5-6-8-17(15)19(18)22-13-16(21)12-20-14(2)3;/h4-10,14,16,20-21H,1,11-13H2,2-3H3;1H. The molecule has 0 aliphatic heterocycles. The van der Waals surface area contributed by atoms with Gasteiger partial charge < -0.3 is 15.2 Å². The minimum atomic E-state index is -0.534. The van der Waals surface area contributed by atoms with Gasteiger partial charge in [-0.25, -0.2) is 0 Å². The van der Waals surface area contributed by atoms with Crippen molar-refractivity contribution in [2.75, 3.05) is 18.9 Å². The SMILES string of the molecule is C=CCSc1ccc2ccccc2c1OCC(O)CNC(C)C.Cl. The predicted octanol–water partition coefficient (Wildman–Crippen LogP) is 4.28. The first kappa shape index (κ1) is 20.8. The van der Waals surface area contributed by atoms with Crippen molar-refractivity contribution in [3.63, 3.8) is 0 Å². The molecule has 2 aromatic carbocycles. The van der Waals surface area contributed by atoms with Gasteiger partial charge in [0.2, 0.25) is 0 Å². The number of hydrogen-bond acceptors (Lipinski definition) is 4. The minimum Gasteiger partial charge on any atom is -0.489 e. The molecule has 0 saturated heterocycles. The summed E-state index contributed by atoms with van der Waals surface area (Å²) in [6.45, 7) is 8.69. The van der Waals surface area contributed by atoms with Gasteiger partial charge in [0.25, 0.3) is 0 Å². The van der Waals surface area contributed by atoms with Crippen LogP contribution in [0.25, 0.3) is 10.8 Å². The molecule has 132 valence electrons. The number of nitrogens with one attached hydrogen (secondary N) is 1. The van der Waals surface area contributed by atoms with Gasteiger partial charge in [-0.15, -0.1) is 30.7 Å². The maximum absolute atomic E-state index is 10.1. The van der Waals surface area contributed by atoms with Gasteiger partial charge in [0.05, 0.1) is 4.90 Å². The highest BCUT2D eigenvalue weighted by atomic mass is 35.5. The Morgan fingerprint density at radius 3 is 2.71 bits per heavy atom. The van der Waals surface area contributed by atoms with Crippen LogP contribution in [0.5, 0.6) is 5.75 Å². The highest BCUT2D eigenvalue weighted by Gasteiger charge is 2.12. The number of fused-ring (bicyclic) bond motifs is 1. The third kappa shape index (κ3) is 6.02. The number of halogens is 1. The molecule has 3 nitrogen and oxygen atoms in total. The molecule has 0 spiro atoms. The molecule has 0 heterocycles. The van der Waals surface area contributed by atoms with E-state index in [-0.39, 0.29) is 19.0 Å². The summed E-state index contributed by atoms with van der Waals surface area (Å²) in [5, 5.41) is 15.5. The monoisotopic (exact) mass is 367 g/mol. The van der Waals surface area contributed by atoms with E-state index in [2.05, 4.69) is 50.0 Å². The molecule has 0 bridgehead atoms. The van der Waals surface area contributed by atoms with E-state index in [1.54, 1.807) is 11.8 Å². The predicted molar refractivity (Wildman–Crippen MR) is 107 cm³/mol. The summed E-state index contributed by atoms with van der Waals surface area (Å²) in [6.07, 6.45) is 1.35. The number of ether oxygens (including phenoxy) is 1. The van der Waals surface area contributed by atoms with Gasteiger partial charge in [-0.2, -0.15) is 0 Å². The van der Waals surface area contributed by atoms with Crippen LogP contribution in [0.15, 0.2) is 53.9 Å². The zero-order valence-electron chi connectivity index (χ0n) is 14.2. The third-order valence-electron chi connectivity index (χ3n) is 3.38. The Morgan fingerprint density at radius 1 is 1.25 bits per heavy atom. The van der Waals surface area contributed by atoms with E-state index in [4.69, 9.17) is 4.74 Å². The molecule has 0 aliphatic rings. The molecule has 24 heavy (non-hydrogen) atoms. The summed E-state index contributed by atoms with van der Waals surface area (Å²) in [5.74, 6) is 1.67. The Kier molecular flexibility index (Phi) is 9.22. The van der Waals surface area contributed by atoms with E-state index < -0.39 is 6.10 Å². The quantitative estimate of drug-likeness (QED) is 0.512. The second-order valence-electron chi connectivity index (χ2n) is 5.74. The van der Waals surface area contributed by atoms with Gasteiger partial charge in [-0.1, -0.05) is 50.3 Å². The van der Waals surface area contributed by atoms with Crippen LogP contribution in [0.4, 0.5) is 0 Å². The molecule has 2 N–H and O–H groups in total. The van der Waals surface area contributed by atoms with E-state index in [1.807, 2.05) is 18.2 Å². The van der Waals surface area contributed by atoms with Crippen molar-refractivity contribution in [3.8, 4) is 5.75 Å². The van der Waals surface area contributed by atoms with Crippen LogP contribution in [0.1, 0.15) is 13.8 Å². The molecule has 0 radical (unpaired) electrons. The molecule has 0 amide bonds. The van der Waals surface area contributed by atoms with Crippen LogP contribution >= 0.6 is 24.2 Å². The largest absolute Gasteiger partial charge is 0.489 e. The Hall–Kier alpha value is -1.20. The average molecular weight is 368 g/mol. The van der Waals surface area contributed by atoms with Crippen LogP contribution in [-0.2, 0) is 0 Å². The summed E-state index contributed by atoms with van der Waals surface area (Å²) >= 11 is 1.69. The van der Waals surface area contributed by atoms with Gasteiger partial charge >= 0.3 is 0 Å². The Morgan fingerprint density at radius 2 is 2.00 bits per heavy atom. The number of aliphatic hydroxyl groups excluding tert-OH is 1. The molecule has 5 heteroatoms. The van der Waals surface area contributed by atoms with Crippen LogP contribution in [0.2, 0.25) is 0 Å².